The molecule has 1 saturated carbocycles. The van der Waals surface area contributed by atoms with Crippen molar-refractivity contribution in [3.8, 4) is 0 Å². The van der Waals surface area contributed by atoms with Gasteiger partial charge in [-0.3, -0.25) is 4.79 Å². The standard InChI is InChI=1S/C15H21BrN2O2.ClH/c1-20-13(9-17)8-14(19)18-10-15(5-6-15)11-3-2-4-12(16)7-11;/h2-4,7,13H,5-6,8-10,17H2,1H3,(H,18,19);1H. The molecule has 0 spiro atoms. The van der Waals surface area contributed by atoms with Gasteiger partial charge in [-0.05, 0) is 30.5 Å². The Balaban J connectivity index is 0.00000220. The first kappa shape index (κ1) is 18.4. The second-order valence-electron chi connectivity index (χ2n) is 5.36. The molecule has 0 aliphatic heterocycles. The van der Waals surface area contributed by atoms with E-state index in [9.17, 15) is 4.79 Å². The third kappa shape index (κ3) is 4.95. The molecule has 1 atom stereocenters. The Morgan fingerprint density at radius 2 is 2.24 bits per heavy atom. The van der Waals surface area contributed by atoms with Crippen LogP contribution in [0.5, 0.6) is 0 Å². The van der Waals surface area contributed by atoms with Gasteiger partial charge in [0.05, 0.1) is 12.5 Å². The molecule has 1 amide bonds. The van der Waals surface area contributed by atoms with Crippen molar-refractivity contribution in [3.63, 3.8) is 0 Å². The van der Waals surface area contributed by atoms with Crippen LogP contribution in [0.15, 0.2) is 28.7 Å². The van der Waals surface area contributed by atoms with Crippen molar-refractivity contribution in [2.24, 2.45) is 5.73 Å². The Hall–Kier alpha value is -0.620. The predicted molar refractivity (Wildman–Crippen MR) is 89.8 cm³/mol. The van der Waals surface area contributed by atoms with Gasteiger partial charge in [0.25, 0.3) is 0 Å². The zero-order valence-corrected chi connectivity index (χ0v) is 14.5. The highest BCUT2D eigenvalue weighted by Crippen LogP contribution is 2.48. The SMILES string of the molecule is COC(CN)CC(=O)NCC1(c2cccc(Br)c2)CC1.Cl. The van der Waals surface area contributed by atoms with E-state index >= 15 is 0 Å². The second-order valence-corrected chi connectivity index (χ2v) is 6.28. The number of nitrogens with two attached hydrogens (primary N) is 1. The number of hydrogen-bond donors (Lipinski definition) is 2. The molecule has 118 valence electrons. The number of carbonyl (C=O) groups excluding carboxylic acids is 1. The number of amides is 1. The quantitative estimate of drug-likeness (QED) is 0.767. The van der Waals surface area contributed by atoms with E-state index in [1.807, 2.05) is 12.1 Å². The summed E-state index contributed by atoms with van der Waals surface area (Å²) in [5, 5.41) is 3.01. The van der Waals surface area contributed by atoms with Crippen molar-refractivity contribution >= 4 is 34.2 Å². The van der Waals surface area contributed by atoms with Crippen LogP contribution < -0.4 is 11.1 Å². The molecule has 3 N–H and O–H groups in total. The van der Waals surface area contributed by atoms with E-state index < -0.39 is 0 Å². The molecule has 4 nitrogen and oxygen atoms in total. The first-order valence-corrected chi connectivity index (χ1v) is 7.64. The molecule has 2 rings (SSSR count). The fourth-order valence-corrected chi connectivity index (χ4v) is 2.75. The minimum atomic E-state index is -0.198. The molecule has 0 heterocycles. The van der Waals surface area contributed by atoms with Crippen molar-refractivity contribution in [2.45, 2.75) is 30.8 Å². The smallest absolute Gasteiger partial charge is 0.222 e. The lowest BCUT2D eigenvalue weighted by Gasteiger charge is -2.18. The maximum atomic E-state index is 11.9. The Bertz CT molecular complexity index is 476. The number of methoxy groups -OCH3 is 1. The zero-order chi connectivity index (χ0) is 14.6. The summed E-state index contributed by atoms with van der Waals surface area (Å²) >= 11 is 3.50. The summed E-state index contributed by atoms with van der Waals surface area (Å²) in [7, 11) is 1.58. The maximum Gasteiger partial charge on any atom is 0.222 e. The Kier molecular flexibility index (Phi) is 7.13. The summed E-state index contributed by atoms with van der Waals surface area (Å²) < 4.78 is 6.20. The van der Waals surface area contributed by atoms with Gasteiger partial charge in [0.1, 0.15) is 0 Å². The van der Waals surface area contributed by atoms with E-state index in [-0.39, 0.29) is 29.8 Å². The summed E-state index contributed by atoms with van der Waals surface area (Å²) in [6, 6.07) is 8.32. The first-order valence-electron chi connectivity index (χ1n) is 6.85. The molecular weight excluding hydrogens is 356 g/mol. The van der Waals surface area contributed by atoms with Gasteiger partial charge in [-0.2, -0.15) is 0 Å². The molecule has 1 aromatic carbocycles. The summed E-state index contributed by atoms with van der Waals surface area (Å²) in [6.45, 7) is 1.05. The Morgan fingerprint density at radius 3 is 2.76 bits per heavy atom. The van der Waals surface area contributed by atoms with Crippen LogP contribution in [0.1, 0.15) is 24.8 Å². The average Bonchev–Trinajstić information content (AvgIpc) is 3.24. The third-order valence-corrected chi connectivity index (χ3v) is 4.42. The van der Waals surface area contributed by atoms with Crippen molar-refractivity contribution in [1.29, 1.82) is 0 Å². The van der Waals surface area contributed by atoms with Crippen LogP contribution in [0, 0.1) is 0 Å². The number of carbonyl (C=O) groups is 1. The third-order valence-electron chi connectivity index (χ3n) is 3.92. The fraction of sp³-hybridized carbons (Fsp3) is 0.533. The van der Waals surface area contributed by atoms with Crippen molar-refractivity contribution < 1.29 is 9.53 Å². The number of ether oxygens (including phenoxy) is 1. The van der Waals surface area contributed by atoms with E-state index in [1.165, 1.54) is 5.56 Å². The van der Waals surface area contributed by atoms with Crippen LogP contribution in [0.3, 0.4) is 0 Å². The van der Waals surface area contributed by atoms with Crippen LogP contribution in [-0.2, 0) is 14.9 Å². The van der Waals surface area contributed by atoms with Gasteiger partial charge in [0.15, 0.2) is 0 Å². The van der Waals surface area contributed by atoms with Crippen LogP contribution in [-0.4, -0.2) is 32.2 Å². The van der Waals surface area contributed by atoms with Gasteiger partial charge in [0, 0.05) is 30.1 Å². The van der Waals surface area contributed by atoms with E-state index in [2.05, 4.69) is 33.4 Å². The van der Waals surface area contributed by atoms with Gasteiger partial charge >= 0.3 is 0 Å². The van der Waals surface area contributed by atoms with E-state index in [4.69, 9.17) is 10.5 Å². The summed E-state index contributed by atoms with van der Waals surface area (Å²) in [5.41, 5.74) is 6.93. The predicted octanol–water partition coefficient (Wildman–Crippen LogP) is 2.38. The first-order chi connectivity index (χ1) is 9.59. The number of rotatable bonds is 7. The summed E-state index contributed by atoms with van der Waals surface area (Å²) in [4.78, 5) is 11.9. The van der Waals surface area contributed by atoms with Crippen LogP contribution in [0.4, 0.5) is 0 Å². The van der Waals surface area contributed by atoms with Crippen molar-refractivity contribution in [2.75, 3.05) is 20.2 Å². The highest BCUT2D eigenvalue weighted by molar-refractivity contribution is 9.10. The van der Waals surface area contributed by atoms with Gasteiger partial charge < -0.3 is 15.8 Å². The molecule has 6 heteroatoms. The second kappa shape index (κ2) is 8.13. The molecule has 0 bridgehead atoms. The fourth-order valence-electron chi connectivity index (χ4n) is 2.35. The topological polar surface area (TPSA) is 64.3 Å². The molecule has 1 unspecified atom stereocenters. The highest BCUT2D eigenvalue weighted by atomic mass is 79.9. The van der Waals surface area contributed by atoms with Crippen LogP contribution >= 0.6 is 28.3 Å². The minimum absolute atomic E-state index is 0. The minimum Gasteiger partial charge on any atom is -0.380 e. The molecule has 1 aliphatic rings. The van der Waals surface area contributed by atoms with Gasteiger partial charge in [-0.15, -0.1) is 12.4 Å². The molecule has 0 aromatic heterocycles. The van der Waals surface area contributed by atoms with Crippen molar-refractivity contribution in [3.05, 3.63) is 34.3 Å². The van der Waals surface area contributed by atoms with E-state index in [1.54, 1.807) is 7.11 Å². The largest absolute Gasteiger partial charge is 0.380 e. The Labute approximate surface area is 140 Å². The van der Waals surface area contributed by atoms with Gasteiger partial charge in [-0.1, -0.05) is 28.1 Å². The lowest BCUT2D eigenvalue weighted by Crippen LogP contribution is -2.36. The molecular formula is C15H22BrClN2O2. The highest BCUT2D eigenvalue weighted by Gasteiger charge is 2.44. The molecule has 0 saturated heterocycles. The normalized spacial score (nSPS) is 16.7. The summed E-state index contributed by atoms with van der Waals surface area (Å²) in [6.07, 6.45) is 2.36. The van der Waals surface area contributed by atoms with Crippen LogP contribution in [0.25, 0.3) is 0 Å². The van der Waals surface area contributed by atoms with Gasteiger partial charge in [0.2, 0.25) is 5.91 Å². The number of benzene rings is 1. The molecule has 1 aromatic rings. The lowest BCUT2D eigenvalue weighted by molar-refractivity contribution is -0.123. The number of hydrogen-bond acceptors (Lipinski definition) is 3. The zero-order valence-electron chi connectivity index (χ0n) is 12.1. The average molecular weight is 378 g/mol. The lowest BCUT2D eigenvalue weighted by atomic mass is 9.96. The number of halogens is 2. The molecule has 0 radical (unpaired) electrons. The van der Waals surface area contributed by atoms with Crippen LogP contribution in [0.2, 0.25) is 0 Å². The Morgan fingerprint density at radius 1 is 1.52 bits per heavy atom. The number of nitrogens with one attached hydrogen (secondary N) is 1. The van der Waals surface area contributed by atoms with Gasteiger partial charge in [-0.25, -0.2) is 0 Å². The van der Waals surface area contributed by atoms with E-state index in [0.717, 1.165) is 17.3 Å². The van der Waals surface area contributed by atoms with E-state index in [0.29, 0.717) is 19.5 Å². The molecule has 1 fully saturated rings. The van der Waals surface area contributed by atoms with Crippen molar-refractivity contribution in [1.82, 2.24) is 5.32 Å². The summed E-state index contributed by atoms with van der Waals surface area (Å²) in [5.74, 6) is 0.00331. The monoisotopic (exact) mass is 376 g/mol. The molecule has 21 heavy (non-hydrogen) atoms. The maximum absolute atomic E-state index is 11.9. The molecule has 1 aliphatic carbocycles.